The van der Waals surface area contributed by atoms with Crippen LogP contribution in [0.15, 0.2) is 0 Å². The van der Waals surface area contributed by atoms with Crippen molar-refractivity contribution in [3.8, 4) is 0 Å². The maximum absolute atomic E-state index is 11.8. The van der Waals surface area contributed by atoms with Crippen molar-refractivity contribution in [2.24, 2.45) is 5.92 Å². The second kappa shape index (κ2) is 8.94. The minimum Gasteiger partial charge on any atom is -0.481 e. The van der Waals surface area contributed by atoms with E-state index in [9.17, 15) is 9.59 Å². The van der Waals surface area contributed by atoms with Crippen molar-refractivity contribution >= 4 is 11.9 Å². The lowest BCUT2D eigenvalue weighted by atomic mass is 9.95. The Bertz CT molecular complexity index is 285. The molecule has 1 N–H and O–H groups in total. The minimum atomic E-state index is -0.760. The van der Waals surface area contributed by atoms with Gasteiger partial charge in [-0.1, -0.05) is 45.4 Å². The summed E-state index contributed by atoms with van der Waals surface area (Å²) in [5, 5.41) is 8.63. The predicted molar refractivity (Wildman–Crippen MR) is 74.9 cm³/mol. The molecule has 0 aromatic rings. The van der Waals surface area contributed by atoms with Crippen molar-refractivity contribution in [2.45, 2.75) is 64.7 Å². The molecule has 1 amide bonds. The number of hydrogen-bond acceptors (Lipinski definition) is 2. The fourth-order valence-electron chi connectivity index (χ4n) is 2.54. The van der Waals surface area contributed by atoms with Crippen molar-refractivity contribution in [3.05, 3.63) is 0 Å². The normalized spacial score (nSPS) is 15.3. The van der Waals surface area contributed by atoms with Crippen molar-refractivity contribution in [1.82, 2.24) is 4.90 Å². The third-order valence-electron chi connectivity index (χ3n) is 3.77. The summed E-state index contributed by atoms with van der Waals surface area (Å²) in [6.45, 7) is 3.49. The third-order valence-corrected chi connectivity index (χ3v) is 3.77. The molecule has 0 saturated carbocycles. The van der Waals surface area contributed by atoms with E-state index in [1.807, 2.05) is 0 Å². The molecule has 1 heterocycles. The molecule has 19 heavy (non-hydrogen) atoms. The number of hydrogen-bond donors (Lipinski definition) is 1. The van der Waals surface area contributed by atoms with E-state index < -0.39 is 5.97 Å². The average molecular weight is 269 g/mol. The Morgan fingerprint density at radius 1 is 1.05 bits per heavy atom. The maximum atomic E-state index is 11.8. The fourth-order valence-corrected chi connectivity index (χ4v) is 2.54. The number of rotatable bonds is 10. The van der Waals surface area contributed by atoms with Crippen LogP contribution in [0.5, 0.6) is 0 Å². The Labute approximate surface area is 116 Å². The summed E-state index contributed by atoms with van der Waals surface area (Å²) in [7, 11) is 0. The number of unbranched alkanes of at least 4 members (excludes halogenated alkanes) is 6. The zero-order valence-corrected chi connectivity index (χ0v) is 12.1. The SMILES string of the molecule is CCCCCCCCCC(=O)N1CC(CC(=O)O)C1. The smallest absolute Gasteiger partial charge is 0.303 e. The van der Waals surface area contributed by atoms with Gasteiger partial charge >= 0.3 is 5.97 Å². The number of nitrogens with zero attached hydrogens (tertiary/aromatic N) is 1. The lowest BCUT2D eigenvalue weighted by molar-refractivity contribution is -0.145. The van der Waals surface area contributed by atoms with Gasteiger partial charge in [0.05, 0.1) is 6.42 Å². The van der Waals surface area contributed by atoms with E-state index in [1.54, 1.807) is 4.90 Å². The van der Waals surface area contributed by atoms with Gasteiger partial charge < -0.3 is 10.0 Å². The van der Waals surface area contributed by atoms with E-state index in [4.69, 9.17) is 5.11 Å². The summed E-state index contributed by atoms with van der Waals surface area (Å²) in [6.07, 6.45) is 9.36. The van der Waals surface area contributed by atoms with Gasteiger partial charge in [0.25, 0.3) is 0 Å². The minimum absolute atomic E-state index is 0.176. The lowest BCUT2D eigenvalue weighted by Crippen LogP contribution is -2.50. The fraction of sp³-hybridized carbons (Fsp3) is 0.867. The molecular formula is C15H27NO3. The van der Waals surface area contributed by atoms with Gasteiger partial charge in [0.15, 0.2) is 0 Å². The Kier molecular flexibility index (Phi) is 7.53. The molecule has 0 bridgehead atoms. The van der Waals surface area contributed by atoms with Gasteiger partial charge in [-0.25, -0.2) is 0 Å². The van der Waals surface area contributed by atoms with Crippen molar-refractivity contribution in [3.63, 3.8) is 0 Å². The van der Waals surface area contributed by atoms with Crippen LogP contribution in [0.2, 0.25) is 0 Å². The van der Waals surface area contributed by atoms with Crippen LogP contribution in [0.3, 0.4) is 0 Å². The Morgan fingerprint density at radius 3 is 2.21 bits per heavy atom. The van der Waals surface area contributed by atoms with Crippen molar-refractivity contribution in [2.75, 3.05) is 13.1 Å². The Hall–Kier alpha value is -1.06. The molecule has 0 radical (unpaired) electrons. The summed E-state index contributed by atoms with van der Waals surface area (Å²) in [5.74, 6) is -0.380. The first-order chi connectivity index (χ1) is 9.13. The molecule has 1 aliphatic rings. The molecule has 0 atom stereocenters. The van der Waals surface area contributed by atoms with Crippen LogP contribution >= 0.6 is 0 Å². The summed E-state index contributed by atoms with van der Waals surface area (Å²) < 4.78 is 0. The van der Waals surface area contributed by atoms with Crippen molar-refractivity contribution < 1.29 is 14.7 Å². The second-order valence-electron chi connectivity index (χ2n) is 5.63. The van der Waals surface area contributed by atoms with Crippen LogP contribution in [-0.2, 0) is 9.59 Å². The molecule has 0 aromatic heterocycles. The third kappa shape index (κ3) is 6.60. The van der Waals surface area contributed by atoms with E-state index in [0.717, 1.165) is 12.8 Å². The molecular weight excluding hydrogens is 242 g/mol. The number of likely N-dealkylation sites (tertiary alicyclic amines) is 1. The zero-order chi connectivity index (χ0) is 14.1. The van der Waals surface area contributed by atoms with Crippen molar-refractivity contribution in [1.29, 1.82) is 0 Å². The lowest BCUT2D eigenvalue weighted by Gasteiger charge is -2.38. The summed E-state index contributed by atoms with van der Waals surface area (Å²) in [5.41, 5.74) is 0. The van der Waals surface area contributed by atoms with E-state index in [-0.39, 0.29) is 18.2 Å². The van der Waals surface area contributed by atoms with Gasteiger partial charge in [0.1, 0.15) is 0 Å². The first kappa shape index (κ1) is 16.0. The van der Waals surface area contributed by atoms with Gasteiger partial charge in [-0.3, -0.25) is 9.59 Å². The molecule has 110 valence electrons. The van der Waals surface area contributed by atoms with Crippen LogP contribution < -0.4 is 0 Å². The highest BCUT2D eigenvalue weighted by atomic mass is 16.4. The van der Waals surface area contributed by atoms with Crippen LogP contribution in [-0.4, -0.2) is 35.0 Å². The largest absolute Gasteiger partial charge is 0.481 e. The summed E-state index contributed by atoms with van der Waals surface area (Å²) in [6, 6.07) is 0. The van der Waals surface area contributed by atoms with Gasteiger partial charge in [-0.2, -0.15) is 0 Å². The average Bonchev–Trinajstić information content (AvgIpc) is 2.31. The highest BCUT2D eigenvalue weighted by Crippen LogP contribution is 2.20. The Balaban J connectivity index is 1.94. The molecule has 1 fully saturated rings. The second-order valence-corrected chi connectivity index (χ2v) is 5.63. The van der Waals surface area contributed by atoms with E-state index in [2.05, 4.69) is 6.92 Å². The first-order valence-corrected chi connectivity index (χ1v) is 7.63. The highest BCUT2D eigenvalue weighted by molar-refractivity contribution is 5.77. The molecule has 0 unspecified atom stereocenters. The monoisotopic (exact) mass is 269 g/mol. The van der Waals surface area contributed by atoms with Crippen LogP contribution in [0.4, 0.5) is 0 Å². The molecule has 1 saturated heterocycles. The quantitative estimate of drug-likeness (QED) is 0.620. The maximum Gasteiger partial charge on any atom is 0.303 e. The molecule has 4 nitrogen and oxygen atoms in total. The topological polar surface area (TPSA) is 57.6 Å². The van der Waals surface area contributed by atoms with E-state index in [0.29, 0.717) is 19.5 Å². The van der Waals surface area contributed by atoms with Gasteiger partial charge in [-0.15, -0.1) is 0 Å². The number of carbonyl (C=O) groups excluding carboxylic acids is 1. The number of carboxylic acids is 1. The molecule has 1 rings (SSSR count). The van der Waals surface area contributed by atoms with Crippen LogP contribution in [0.1, 0.15) is 64.7 Å². The number of aliphatic carboxylic acids is 1. The van der Waals surface area contributed by atoms with Crippen LogP contribution in [0.25, 0.3) is 0 Å². The highest BCUT2D eigenvalue weighted by Gasteiger charge is 2.31. The van der Waals surface area contributed by atoms with E-state index in [1.165, 1.54) is 32.1 Å². The predicted octanol–water partition coefficient (Wildman–Crippen LogP) is 3.06. The molecule has 1 aliphatic heterocycles. The molecule has 0 spiro atoms. The number of carbonyl (C=O) groups is 2. The van der Waals surface area contributed by atoms with E-state index >= 15 is 0 Å². The molecule has 0 aromatic carbocycles. The van der Waals surface area contributed by atoms with Gasteiger partial charge in [-0.05, 0) is 6.42 Å². The molecule has 4 heteroatoms. The summed E-state index contributed by atoms with van der Waals surface area (Å²) >= 11 is 0. The molecule has 0 aliphatic carbocycles. The number of amides is 1. The van der Waals surface area contributed by atoms with Gasteiger partial charge in [0, 0.05) is 25.4 Å². The summed E-state index contributed by atoms with van der Waals surface area (Å²) in [4.78, 5) is 24.1. The van der Waals surface area contributed by atoms with Crippen LogP contribution in [0, 0.1) is 5.92 Å². The number of carboxylic acid groups (broad SMARTS) is 1. The first-order valence-electron chi connectivity index (χ1n) is 7.63. The Morgan fingerprint density at radius 2 is 1.63 bits per heavy atom. The standard InChI is InChI=1S/C15H27NO3/c1-2-3-4-5-6-7-8-9-14(17)16-11-13(12-16)10-15(18)19/h13H,2-12H2,1H3,(H,18,19). The van der Waals surface area contributed by atoms with Gasteiger partial charge in [0.2, 0.25) is 5.91 Å². The zero-order valence-electron chi connectivity index (χ0n) is 12.1.